The molecule has 1 aromatic rings. The minimum atomic E-state index is -0.931. The standard InChI is InChI=1S/C17H23NO6/c1-12(19)13-6-7-14(15(11-13)23-3)24-10-4-5-16(20)18(2)9-8-17(21)22/h6-7,11H,4-5,8-10H2,1-3H3,(H,21,22). The Morgan fingerprint density at radius 2 is 1.88 bits per heavy atom. The third-order valence-electron chi connectivity index (χ3n) is 3.45. The Morgan fingerprint density at radius 3 is 2.46 bits per heavy atom. The first-order valence-electron chi connectivity index (χ1n) is 7.62. The number of ketones is 1. The fourth-order valence-electron chi connectivity index (χ4n) is 1.99. The normalized spacial score (nSPS) is 10.1. The monoisotopic (exact) mass is 337 g/mol. The molecule has 7 nitrogen and oxygen atoms in total. The molecule has 1 amide bonds. The van der Waals surface area contributed by atoms with Crippen LogP contribution in [-0.4, -0.2) is 55.0 Å². The molecule has 0 heterocycles. The summed E-state index contributed by atoms with van der Waals surface area (Å²) in [7, 11) is 3.07. The van der Waals surface area contributed by atoms with Crippen LogP contribution in [0.2, 0.25) is 0 Å². The predicted molar refractivity (Wildman–Crippen MR) is 87.6 cm³/mol. The van der Waals surface area contributed by atoms with Gasteiger partial charge in [-0.1, -0.05) is 0 Å². The number of carbonyl (C=O) groups is 3. The number of nitrogens with zero attached hydrogens (tertiary/aromatic N) is 1. The molecule has 24 heavy (non-hydrogen) atoms. The SMILES string of the molecule is COc1cc(C(C)=O)ccc1OCCCC(=O)N(C)CCC(=O)O. The van der Waals surface area contributed by atoms with Crippen molar-refractivity contribution in [3.8, 4) is 11.5 Å². The van der Waals surface area contributed by atoms with Gasteiger partial charge < -0.3 is 19.5 Å². The van der Waals surface area contributed by atoms with Gasteiger partial charge in [-0.2, -0.15) is 0 Å². The molecule has 7 heteroatoms. The quantitative estimate of drug-likeness (QED) is 0.518. The number of carboxylic acids is 1. The maximum absolute atomic E-state index is 11.8. The number of amides is 1. The molecule has 0 saturated carbocycles. The van der Waals surface area contributed by atoms with Crippen molar-refractivity contribution < 1.29 is 29.0 Å². The molecule has 0 aliphatic rings. The summed E-state index contributed by atoms with van der Waals surface area (Å²) in [6, 6.07) is 4.93. The zero-order chi connectivity index (χ0) is 18.1. The summed E-state index contributed by atoms with van der Waals surface area (Å²) >= 11 is 0. The third-order valence-corrected chi connectivity index (χ3v) is 3.45. The molecule has 132 valence electrons. The van der Waals surface area contributed by atoms with Gasteiger partial charge in [0.2, 0.25) is 5.91 Å². The van der Waals surface area contributed by atoms with Gasteiger partial charge in [-0.25, -0.2) is 0 Å². The Hall–Kier alpha value is -2.57. The van der Waals surface area contributed by atoms with Crippen LogP contribution in [0.1, 0.15) is 36.5 Å². The molecule has 0 aromatic heterocycles. The lowest BCUT2D eigenvalue weighted by Gasteiger charge is -2.16. The van der Waals surface area contributed by atoms with E-state index in [-0.39, 0.29) is 31.1 Å². The molecule has 1 N–H and O–H groups in total. The van der Waals surface area contributed by atoms with Gasteiger partial charge in [0.25, 0.3) is 0 Å². The van der Waals surface area contributed by atoms with Gasteiger partial charge in [-0.3, -0.25) is 14.4 Å². The van der Waals surface area contributed by atoms with Gasteiger partial charge in [-0.05, 0) is 31.5 Å². The molecule has 1 aromatic carbocycles. The molecule has 0 aliphatic heterocycles. The molecule has 0 fully saturated rings. The Morgan fingerprint density at radius 1 is 1.17 bits per heavy atom. The van der Waals surface area contributed by atoms with Crippen molar-refractivity contribution in [3.63, 3.8) is 0 Å². The number of carbonyl (C=O) groups excluding carboxylic acids is 2. The highest BCUT2D eigenvalue weighted by Gasteiger charge is 2.11. The lowest BCUT2D eigenvalue weighted by molar-refractivity contribution is -0.138. The van der Waals surface area contributed by atoms with Gasteiger partial charge in [0, 0.05) is 25.6 Å². The smallest absolute Gasteiger partial charge is 0.305 e. The molecular formula is C17H23NO6. The van der Waals surface area contributed by atoms with Crippen LogP contribution in [0.25, 0.3) is 0 Å². The highest BCUT2D eigenvalue weighted by atomic mass is 16.5. The molecule has 0 radical (unpaired) electrons. The lowest BCUT2D eigenvalue weighted by atomic mass is 10.1. The minimum Gasteiger partial charge on any atom is -0.493 e. The highest BCUT2D eigenvalue weighted by Crippen LogP contribution is 2.28. The van der Waals surface area contributed by atoms with E-state index >= 15 is 0 Å². The van der Waals surface area contributed by atoms with Crippen molar-refractivity contribution in [1.29, 1.82) is 0 Å². The zero-order valence-corrected chi connectivity index (χ0v) is 14.2. The number of benzene rings is 1. The average molecular weight is 337 g/mol. The van der Waals surface area contributed by atoms with E-state index in [1.165, 1.54) is 18.9 Å². The molecule has 1 rings (SSSR count). The third kappa shape index (κ3) is 6.28. The minimum absolute atomic E-state index is 0.0603. The van der Waals surface area contributed by atoms with E-state index in [1.54, 1.807) is 25.2 Å². The summed E-state index contributed by atoms with van der Waals surface area (Å²) in [5, 5.41) is 8.60. The van der Waals surface area contributed by atoms with Gasteiger partial charge in [0.05, 0.1) is 20.1 Å². The number of hydrogen-bond donors (Lipinski definition) is 1. The van der Waals surface area contributed by atoms with E-state index in [1.807, 2.05) is 0 Å². The number of carboxylic acid groups (broad SMARTS) is 1. The molecule has 0 saturated heterocycles. The van der Waals surface area contributed by atoms with E-state index in [4.69, 9.17) is 14.6 Å². The van der Waals surface area contributed by atoms with E-state index in [2.05, 4.69) is 0 Å². The first-order chi connectivity index (χ1) is 11.3. The topological polar surface area (TPSA) is 93.1 Å². The van der Waals surface area contributed by atoms with Crippen molar-refractivity contribution in [2.24, 2.45) is 0 Å². The van der Waals surface area contributed by atoms with Crippen molar-refractivity contribution in [2.75, 3.05) is 27.3 Å². The second kappa shape index (κ2) is 9.54. The van der Waals surface area contributed by atoms with Gasteiger partial charge in [-0.15, -0.1) is 0 Å². The first kappa shape index (κ1) is 19.5. The van der Waals surface area contributed by atoms with Gasteiger partial charge in [0.1, 0.15) is 0 Å². The van der Waals surface area contributed by atoms with Crippen molar-refractivity contribution in [2.45, 2.75) is 26.2 Å². The maximum Gasteiger partial charge on any atom is 0.305 e. The van der Waals surface area contributed by atoms with E-state index in [9.17, 15) is 14.4 Å². The van der Waals surface area contributed by atoms with Crippen LogP contribution >= 0.6 is 0 Å². The zero-order valence-electron chi connectivity index (χ0n) is 14.2. The van der Waals surface area contributed by atoms with E-state index in [0.29, 0.717) is 30.1 Å². The number of aliphatic carboxylic acids is 1. The fraction of sp³-hybridized carbons (Fsp3) is 0.471. The first-order valence-corrected chi connectivity index (χ1v) is 7.62. The summed E-state index contributed by atoms with van der Waals surface area (Å²) in [6.45, 7) is 1.98. The van der Waals surface area contributed by atoms with Crippen LogP contribution < -0.4 is 9.47 Å². The second-order valence-corrected chi connectivity index (χ2v) is 5.33. The Kier molecular flexibility index (Phi) is 7.74. The number of rotatable bonds is 10. The van der Waals surface area contributed by atoms with Gasteiger partial charge >= 0.3 is 5.97 Å². The number of ether oxygens (including phenoxy) is 2. The molecule has 0 bridgehead atoms. The summed E-state index contributed by atoms with van der Waals surface area (Å²) < 4.78 is 10.8. The summed E-state index contributed by atoms with van der Waals surface area (Å²) in [4.78, 5) is 35.0. The lowest BCUT2D eigenvalue weighted by Crippen LogP contribution is -2.29. The fourth-order valence-corrected chi connectivity index (χ4v) is 1.99. The van der Waals surface area contributed by atoms with Crippen LogP contribution in [0, 0.1) is 0 Å². The number of Topliss-reactive ketones (excluding diaryl/α,β-unsaturated/α-hetero) is 1. The number of methoxy groups -OCH3 is 1. The number of hydrogen-bond acceptors (Lipinski definition) is 5. The second-order valence-electron chi connectivity index (χ2n) is 5.33. The van der Waals surface area contributed by atoms with Crippen LogP contribution in [0.4, 0.5) is 0 Å². The van der Waals surface area contributed by atoms with Crippen molar-refractivity contribution in [1.82, 2.24) is 4.90 Å². The van der Waals surface area contributed by atoms with E-state index < -0.39 is 5.97 Å². The predicted octanol–water partition coefficient (Wildman–Crippen LogP) is 1.99. The summed E-state index contributed by atoms with van der Waals surface area (Å²) in [5.41, 5.74) is 0.537. The summed E-state index contributed by atoms with van der Waals surface area (Å²) in [6.07, 6.45) is 0.691. The Labute approximate surface area is 141 Å². The Bertz CT molecular complexity index is 599. The molecule has 0 aliphatic carbocycles. The van der Waals surface area contributed by atoms with Crippen LogP contribution in [-0.2, 0) is 9.59 Å². The molecule has 0 spiro atoms. The highest BCUT2D eigenvalue weighted by molar-refractivity contribution is 5.94. The van der Waals surface area contributed by atoms with Crippen LogP contribution in [0.15, 0.2) is 18.2 Å². The van der Waals surface area contributed by atoms with Crippen molar-refractivity contribution in [3.05, 3.63) is 23.8 Å². The Balaban J connectivity index is 2.43. The van der Waals surface area contributed by atoms with E-state index in [0.717, 1.165) is 0 Å². The molecular weight excluding hydrogens is 314 g/mol. The van der Waals surface area contributed by atoms with Crippen LogP contribution in [0.3, 0.4) is 0 Å². The average Bonchev–Trinajstić information content (AvgIpc) is 2.55. The largest absolute Gasteiger partial charge is 0.493 e. The molecule has 0 atom stereocenters. The molecule has 0 unspecified atom stereocenters. The van der Waals surface area contributed by atoms with Gasteiger partial charge in [0.15, 0.2) is 17.3 Å². The maximum atomic E-state index is 11.8. The summed E-state index contributed by atoms with van der Waals surface area (Å²) in [5.74, 6) is -0.144. The van der Waals surface area contributed by atoms with Crippen molar-refractivity contribution >= 4 is 17.7 Å². The van der Waals surface area contributed by atoms with Crippen LogP contribution in [0.5, 0.6) is 11.5 Å².